The maximum atomic E-state index is 5.39. The van der Waals surface area contributed by atoms with E-state index in [9.17, 15) is 0 Å². The SMILES string of the molecule is COc1ccc2c(c1)C1(CC2)CC1CNCC(C)C. The second kappa shape index (κ2) is 4.82. The van der Waals surface area contributed by atoms with E-state index in [1.807, 2.05) is 0 Å². The second-order valence-corrected chi connectivity index (χ2v) is 6.63. The molecule has 104 valence electrons. The molecule has 2 atom stereocenters. The Balaban J connectivity index is 1.69. The topological polar surface area (TPSA) is 21.3 Å². The highest BCUT2D eigenvalue weighted by Gasteiger charge is 2.57. The second-order valence-electron chi connectivity index (χ2n) is 6.63. The van der Waals surface area contributed by atoms with Gasteiger partial charge in [0, 0.05) is 5.41 Å². The number of hydrogen-bond donors (Lipinski definition) is 1. The van der Waals surface area contributed by atoms with E-state index in [1.165, 1.54) is 25.8 Å². The largest absolute Gasteiger partial charge is 0.497 e. The average Bonchev–Trinajstić information content (AvgIpc) is 2.97. The van der Waals surface area contributed by atoms with Gasteiger partial charge in [-0.2, -0.15) is 0 Å². The maximum Gasteiger partial charge on any atom is 0.119 e. The first-order chi connectivity index (χ1) is 9.15. The number of hydrogen-bond acceptors (Lipinski definition) is 2. The van der Waals surface area contributed by atoms with Crippen LogP contribution in [0.3, 0.4) is 0 Å². The van der Waals surface area contributed by atoms with Crippen LogP contribution in [0.2, 0.25) is 0 Å². The van der Waals surface area contributed by atoms with Crippen LogP contribution in [0.4, 0.5) is 0 Å². The van der Waals surface area contributed by atoms with Crippen molar-refractivity contribution in [3.8, 4) is 5.75 Å². The highest BCUT2D eigenvalue weighted by molar-refractivity contribution is 5.48. The standard InChI is InChI=1S/C17H25NO/c1-12(2)10-18-11-14-9-17(14)7-6-13-4-5-15(19-3)8-16(13)17/h4-5,8,12,14,18H,6-7,9-11H2,1-3H3. The summed E-state index contributed by atoms with van der Waals surface area (Å²) in [6, 6.07) is 6.65. The van der Waals surface area contributed by atoms with Gasteiger partial charge in [-0.15, -0.1) is 0 Å². The van der Waals surface area contributed by atoms with E-state index in [1.54, 1.807) is 18.2 Å². The van der Waals surface area contributed by atoms with Crippen LogP contribution < -0.4 is 10.1 Å². The maximum absolute atomic E-state index is 5.39. The third-order valence-electron chi connectivity index (χ3n) is 4.87. The molecule has 0 heterocycles. The minimum Gasteiger partial charge on any atom is -0.497 e. The van der Waals surface area contributed by atoms with Gasteiger partial charge in [0.15, 0.2) is 0 Å². The molecule has 1 spiro atoms. The molecule has 1 aromatic carbocycles. The summed E-state index contributed by atoms with van der Waals surface area (Å²) in [6.45, 7) is 6.85. The van der Waals surface area contributed by atoms with Crippen molar-refractivity contribution in [1.82, 2.24) is 5.32 Å². The molecule has 2 heteroatoms. The molecule has 3 rings (SSSR count). The highest BCUT2D eigenvalue weighted by atomic mass is 16.5. The molecule has 2 aliphatic carbocycles. The summed E-state index contributed by atoms with van der Waals surface area (Å²) >= 11 is 0. The summed E-state index contributed by atoms with van der Waals surface area (Å²) in [7, 11) is 1.76. The molecule has 0 radical (unpaired) electrons. The van der Waals surface area contributed by atoms with Gasteiger partial charge in [-0.05, 0) is 67.4 Å². The van der Waals surface area contributed by atoms with Crippen LogP contribution in [-0.4, -0.2) is 20.2 Å². The van der Waals surface area contributed by atoms with E-state index in [-0.39, 0.29) is 0 Å². The van der Waals surface area contributed by atoms with Gasteiger partial charge >= 0.3 is 0 Å². The zero-order valence-electron chi connectivity index (χ0n) is 12.3. The number of rotatable bonds is 5. The van der Waals surface area contributed by atoms with Crippen molar-refractivity contribution in [2.45, 2.75) is 38.5 Å². The van der Waals surface area contributed by atoms with Crippen molar-refractivity contribution < 1.29 is 4.74 Å². The average molecular weight is 259 g/mol. The predicted octanol–water partition coefficient (Wildman–Crippen LogP) is 3.14. The fourth-order valence-corrected chi connectivity index (χ4v) is 3.69. The van der Waals surface area contributed by atoms with Crippen molar-refractivity contribution in [3.05, 3.63) is 29.3 Å². The molecule has 0 aromatic heterocycles. The van der Waals surface area contributed by atoms with Gasteiger partial charge in [-0.1, -0.05) is 19.9 Å². The lowest BCUT2D eigenvalue weighted by atomic mass is 9.95. The van der Waals surface area contributed by atoms with E-state index in [0.29, 0.717) is 5.41 Å². The van der Waals surface area contributed by atoms with Crippen molar-refractivity contribution in [2.24, 2.45) is 11.8 Å². The Kier molecular flexibility index (Phi) is 3.30. The molecule has 0 aliphatic heterocycles. The van der Waals surface area contributed by atoms with Crippen molar-refractivity contribution in [3.63, 3.8) is 0 Å². The first-order valence-electron chi connectivity index (χ1n) is 7.54. The molecule has 2 unspecified atom stereocenters. The molecular formula is C17H25NO. The number of benzene rings is 1. The molecule has 19 heavy (non-hydrogen) atoms. The summed E-state index contributed by atoms with van der Waals surface area (Å²) in [6.07, 6.45) is 3.95. The summed E-state index contributed by atoms with van der Waals surface area (Å²) in [5.74, 6) is 2.59. The monoisotopic (exact) mass is 259 g/mol. The van der Waals surface area contributed by atoms with E-state index in [0.717, 1.165) is 24.1 Å². The van der Waals surface area contributed by atoms with Gasteiger partial charge in [0.1, 0.15) is 5.75 Å². The van der Waals surface area contributed by atoms with E-state index in [4.69, 9.17) is 4.74 Å². The minimum atomic E-state index is 0.480. The van der Waals surface area contributed by atoms with E-state index in [2.05, 4.69) is 37.4 Å². The Bertz CT molecular complexity index is 468. The Morgan fingerprint density at radius 1 is 1.42 bits per heavy atom. The van der Waals surface area contributed by atoms with E-state index < -0.39 is 0 Å². The number of aryl methyl sites for hydroxylation is 1. The quantitative estimate of drug-likeness (QED) is 0.877. The van der Waals surface area contributed by atoms with Crippen LogP contribution in [0.1, 0.15) is 37.8 Å². The van der Waals surface area contributed by atoms with E-state index >= 15 is 0 Å². The number of fused-ring (bicyclic) bond motifs is 2. The lowest BCUT2D eigenvalue weighted by molar-refractivity contribution is 0.413. The third-order valence-corrected chi connectivity index (χ3v) is 4.87. The van der Waals surface area contributed by atoms with Crippen molar-refractivity contribution in [1.29, 1.82) is 0 Å². The van der Waals surface area contributed by atoms with Crippen LogP contribution in [0.25, 0.3) is 0 Å². The molecule has 2 nitrogen and oxygen atoms in total. The lowest BCUT2D eigenvalue weighted by Gasteiger charge is -2.14. The molecule has 1 saturated carbocycles. The summed E-state index contributed by atoms with van der Waals surface area (Å²) < 4.78 is 5.39. The normalized spacial score (nSPS) is 27.9. The van der Waals surface area contributed by atoms with Crippen LogP contribution in [0.15, 0.2) is 18.2 Å². The van der Waals surface area contributed by atoms with Crippen LogP contribution in [0, 0.1) is 11.8 Å². The zero-order valence-corrected chi connectivity index (χ0v) is 12.3. The lowest BCUT2D eigenvalue weighted by Crippen LogP contribution is -2.24. The van der Waals surface area contributed by atoms with Gasteiger partial charge in [-0.25, -0.2) is 0 Å². The molecule has 2 aliphatic rings. The predicted molar refractivity (Wildman–Crippen MR) is 78.8 cm³/mol. The number of nitrogens with one attached hydrogen (secondary N) is 1. The summed E-state index contributed by atoms with van der Waals surface area (Å²) in [5.41, 5.74) is 3.60. The Labute approximate surface area is 116 Å². The van der Waals surface area contributed by atoms with Crippen LogP contribution in [0.5, 0.6) is 5.75 Å². The molecule has 0 bridgehead atoms. The fraction of sp³-hybridized carbons (Fsp3) is 0.647. The van der Waals surface area contributed by atoms with Crippen molar-refractivity contribution >= 4 is 0 Å². The molecule has 1 aromatic rings. The Hall–Kier alpha value is -1.02. The number of methoxy groups -OCH3 is 1. The molecule has 1 N–H and O–H groups in total. The Morgan fingerprint density at radius 2 is 2.26 bits per heavy atom. The van der Waals surface area contributed by atoms with Gasteiger partial charge in [0.2, 0.25) is 0 Å². The molecule has 0 saturated heterocycles. The third kappa shape index (κ3) is 2.27. The molecule has 1 fully saturated rings. The number of ether oxygens (including phenoxy) is 1. The van der Waals surface area contributed by atoms with Crippen LogP contribution in [-0.2, 0) is 11.8 Å². The zero-order chi connectivity index (χ0) is 13.5. The van der Waals surface area contributed by atoms with Gasteiger partial charge < -0.3 is 10.1 Å². The summed E-state index contributed by atoms with van der Waals surface area (Å²) in [5, 5.41) is 3.63. The van der Waals surface area contributed by atoms with Gasteiger partial charge in [-0.3, -0.25) is 0 Å². The first kappa shape index (κ1) is 13.0. The minimum absolute atomic E-state index is 0.480. The Morgan fingerprint density at radius 3 is 3.00 bits per heavy atom. The first-order valence-corrected chi connectivity index (χ1v) is 7.54. The fourth-order valence-electron chi connectivity index (χ4n) is 3.69. The van der Waals surface area contributed by atoms with Gasteiger partial charge in [0.05, 0.1) is 7.11 Å². The smallest absolute Gasteiger partial charge is 0.119 e. The van der Waals surface area contributed by atoms with Gasteiger partial charge in [0.25, 0.3) is 0 Å². The molecule has 0 amide bonds. The summed E-state index contributed by atoms with van der Waals surface area (Å²) in [4.78, 5) is 0. The van der Waals surface area contributed by atoms with Crippen molar-refractivity contribution in [2.75, 3.05) is 20.2 Å². The molecular weight excluding hydrogens is 234 g/mol. The highest BCUT2D eigenvalue weighted by Crippen LogP contribution is 2.61. The van der Waals surface area contributed by atoms with Crippen LogP contribution >= 0.6 is 0 Å².